The lowest BCUT2D eigenvalue weighted by Crippen LogP contribution is -2.48. The van der Waals surface area contributed by atoms with Crippen LogP contribution < -0.4 is 0 Å². The number of rotatable bonds is 6. The molecule has 1 aromatic carbocycles. The third kappa shape index (κ3) is 3.52. The van der Waals surface area contributed by atoms with Gasteiger partial charge in [-0.05, 0) is 74.8 Å². The van der Waals surface area contributed by atoms with E-state index in [-0.39, 0.29) is 35.0 Å². The molecule has 2 atom stereocenters. The predicted octanol–water partition coefficient (Wildman–Crippen LogP) is 4.58. The average Bonchev–Trinajstić information content (AvgIpc) is 3.45. The zero-order valence-corrected chi connectivity index (χ0v) is 21.4. The molecule has 190 valence electrons. The highest BCUT2D eigenvalue weighted by Crippen LogP contribution is 2.67. The fourth-order valence-corrected chi connectivity index (χ4v) is 6.42. The van der Waals surface area contributed by atoms with Crippen LogP contribution >= 0.6 is 0 Å². The molecule has 0 spiro atoms. The van der Waals surface area contributed by atoms with Crippen molar-refractivity contribution in [2.45, 2.75) is 64.4 Å². The van der Waals surface area contributed by atoms with Gasteiger partial charge in [-0.2, -0.15) is 10.2 Å². The normalized spacial score (nSPS) is 23.9. The first-order chi connectivity index (χ1) is 16.9. The quantitative estimate of drug-likeness (QED) is 0.638. The number of carbonyl (C=O) groups is 1. The van der Waals surface area contributed by atoms with Gasteiger partial charge < -0.3 is 10.0 Å². The number of hydrogen-bond acceptors (Lipinski definition) is 5. The lowest BCUT2D eigenvalue weighted by Gasteiger charge is -2.41. The van der Waals surface area contributed by atoms with E-state index in [9.17, 15) is 18.7 Å². The first-order valence-electron chi connectivity index (χ1n) is 12.5. The van der Waals surface area contributed by atoms with Crippen LogP contribution in [-0.2, 0) is 10.2 Å². The van der Waals surface area contributed by atoms with Gasteiger partial charge in [0, 0.05) is 24.1 Å². The van der Waals surface area contributed by atoms with Crippen LogP contribution in [0.4, 0.5) is 8.78 Å². The van der Waals surface area contributed by atoms with Gasteiger partial charge in [0.2, 0.25) is 0 Å². The zero-order valence-electron chi connectivity index (χ0n) is 21.4. The number of amides is 1. The molecule has 6 nitrogen and oxygen atoms in total. The Kier molecular flexibility index (Phi) is 5.67. The van der Waals surface area contributed by atoms with Gasteiger partial charge in [-0.3, -0.25) is 9.79 Å². The highest BCUT2D eigenvalue weighted by atomic mass is 19.1. The van der Waals surface area contributed by atoms with Crippen molar-refractivity contribution in [2.24, 2.45) is 10.4 Å². The Hall–Kier alpha value is -3.00. The molecule has 1 fully saturated rings. The fraction of sp³-hybridized carbons (Fsp3) is 0.500. The number of aliphatic imine (C=N–C) groups is 1. The van der Waals surface area contributed by atoms with Crippen molar-refractivity contribution >= 4 is 11.6 Å². The Morgan fingerprint density at radius 3 is 2.53 bits per heavy atom. The molecule has 1 amide bonds. The third-order valence-electron chi connectivity index (χ3n) is 8.60. The summed E-state index contributed by atoms with van der Waals surface area (Å²) in [5.74, 6) is -1.27. The van der Waals surface area contributed by atoms with Crippen molar-refractivity contribution in [2.75, 3.05) is 19.6 Å². The molecule has 2 heterocycles. The standard InChI is InChI=1S/C28H32F2N4O2/c1-6-34(25(35)16-12-22(31-14-16)27(4,5)36)15-28-11-10-18(26(28,2)3)17-13-21(32-33-24(17)28)23-19(29)8-7-9-20(23)30/h7-9,12-13,18,36H,6,10-11,14-15H2,1-5H3/t18-,28-/m0/s1. The summed E-state index contributed by atoms with van der Waals surface area (Å²) >= 11 is 0. The van der Waals surface area contributed by atoms with E-state index in [0.29, 0.717) is 24.4 Å². The van der Waals surface area contributed by atoms with Gasteiger partial charge >= 0.3 is 0 Å². The minimum Gasteiger partial charge on any atom is -0.384 e. The molecular weight excluding hydrogens is 462 g/mol. The lowest BCUT2D eigenvalue weighted by atomic mass is 9.68. The molecular formula is C28H32F2N4O2. The van der Waals surface area contributed by atoms with E-state index in [1.807, 2.05) is 11.8 Å². The van der Waals surface area contributed by atoms with E-state index >= 15 is 0 Å². The van der Waals surface area contributed by atoms with E-state index in [4.69, 9.17) is 0 Å². The molecule has 1 aliphatic heterocycles. The number of aromatic nitrogens is 2. The smallest absolute Gasteiger partial charge is 0.251 e. The summed E-state index contributed by atoms with van der Waals surface area (Å²) in [4.78, 5) is 19.7. The van der Waals surface area contributed by atoms with Crippen molar-refractivity contribution in [3.8, 4) is 11.3 Å². The zero-order chi connectivity index (χ0) is 26.0. The molecule has 0 saturated heterocycles. The number of halogens is 2. The molecule has 8 heteroatoms. The Labute approximate surface area is 210 Å². The van der Waals surface area contributed by atoms with Crippen LogP contribution in [0.1, 0.15) is 64.6 Å². The Bertz CT molecular complexity index is 1290. The molecule has 36 heavy (non-hydrogen) atoms. The van der Waals surface area contributed by atoms with Crippen molar-refractivity contribution in [3.05, 3.63) is 58.8 Å². The monoisotopic (exact) mass is 494 g/mol. The summed E-state index contributed by atoms with van der Waals surface area (Å²) in [7, 11) is 0. The van der Waals surface area contributed by atoms with Crippen LogP contribution in [0.25, 0.3) is 11.3 Å². The largest absolute Gasteiger partial charge is 0.384 e. The number of benzene rings is 1. The van der Waals surface area contributed by atoms with Crippen LogP contribution in [0.3, 0.4) is 0 Å². The maximum atomic E-state index is 14.5. The predicted molar refractivity (Wildman–Crippen MR) is 134 cm³/mol. The molecule has 3 aliphatic rings. The SMILES string of the molecule is CCN(C[C@@]12CC[C@@H](c3cc(-c4c(F)cccc4F)nnc31)C2(C)C)C(=O)C1=CC(C(C)(C)O)=NC1. The summed E-state index contributed by atoms with van der Waals surface area (Å²) < 4.78 is 29.0. The number of carbonyl (C=O) groups excluding carboxylic acids is 1. The number of fused-ring (bicyclic) bond motifs is 5. The number of hydrogen-bond donors (Lipinski definition) is 1. The summed E-state index contributed by atoms with van der Waals surface area (Å²) in [6.07, 6.45) is 3.46. The van der Waals surface area contributed by atoms with Crippen LogP contribution in [0.5, 0.6) is 0 Å². The number of aliphatic hydroxyl groups is 1. The summed E-state index contributed by atoms with van der Waals surface area (Å²) in [5.41, 5.74) is 1.15. The van der Waals surface area contributed by atoms with Crippen LogP contribution in [0.15, 0.2) is 40.9 Å². The van der Waals surface area contributed by atoms with Gasteiger partial charge in [0.05, 0.1) is 29.2 Å². The summed E-state index contributed by atoms with van der Waals surface area (Å²) in [6.45, 7) is 10.9. The van der Waals surface area contributed by atoms with E-state index in [0.717, 1.165) is 24.1 Å². The van der Waals surface area contributed by atoms with Crippen LogP contribution in [-0.4, -0.2) is 57.1 Å². The van der Waals surface area contributed by atoms with Crippen molar-refractivity contribution in [1.29, 1.82) is 0 Å². The highest BCUT2D eigenvalue weighted by Gasteiger charge is 2.64. The topological polar surface area (TPSA) is 78.7 Å². The van der Waals surface area contributed by atoms with Crippen molar-refractivity contribution in [1.82, 2.24) is 15.1 Å². The van der Waals surface area contributed by atoms with Gasteiger partial charge in [-0.15, -0.1) is 0 Å². The van der Waals surface area contributed by atoms with Gasteiger partial charge in [-0.1, -0.05) is 19.9 Å². The first kappa shape index (κ1) is 24.7. The number of likely N-dealkylation sites (N-methyl/N-ethyl adjacent to an activating group) is 1. The second-order valence-corrected chi connectivity index (χ2v) is 11.3. The first-order valence-corrected chi connectivity index (χ1v) is 12.5. The van der Waals surface area contributed by atoms with Gasteiger partial charge in [0.15, 0.2) is 0 Å². The molecule has 0 unspecified atom stereocenters. The van der Waals surface area contributed by atoms with Crippen LogP contribution in [0.2, 0.25) is 0 Å². The van der Waals surface area contributed by atoms with E-state index in [1.165, 1.54) is 18.2 Å². The van der Waals surface area contributed by atoms with Crippen LogP contribution in [0, 0.1) is 17.0 Å². The van der Waals surface area contributed by atoms with Gasteiger partial charge in [-0.25, -0.2) is 8.78 Å². The van der Waals surface area contributed by atoms with Crippen molar-refractivity contribution < 1.29 is 18.7 Å². The minimum atomic E-state index is -1.10. The number of nitrogens with zero attached hydrogens (tertiary/aromatic N) is 4. The Morgan fingerprint density at radius 2 is 1.92 bits per heavy atom. The second kappa shape index (κ2) is 8.26. The maximum absolute atomic E-state index is 14.5. The highest BCUT2D eigenvalue weighted by molar-refractivity contribution is 6.10. The second-order valence-electron chi connectivity index (χ2n) is 11.3. The Balaban J connectivity index is 1.50. The van der Waals surface area contributed by atoms with E-state index in [1.54, 1.807) is 26.0 Å². The molecule has 1 saturated carbocycles. The molecule has 2 bridgehead atoms. The van der Waals surface area contributed by atoms with E-state index < -0.39 is 22.7 Å². The van der Waals surface area contributed by atoms with E-state index in [2.05, 4.69) is 29.0 Å². The van der Waals surface area contributed by atoms with Gasteiger partial charge in [0.1, 0.15) is 17.2 Å². The Morgan fingerprint density at radius 1 is 1.22 bits per heavy atom. The lowest BCUT2D eigenvalue weighted by molar-refractivity contribution is -0.128. The fourth-order valence-electron chi connectivity index (χ4n) is 6.42. The molecule has 1 N–H and O–H groups in total. The van der Waals surface area contributed by atoms with Gasteiger partial charge in [0.25, 0.3) is 5.91 Å². The average molecular weight is 495 g/mol. The summed E-state index contributed by atoms with van der Waals surface area (Å²) in [6, 6.07) is 5.57. The van der Waals surface area contributed by atoms with Crippen molar-refractivity contribution in [3.63, 3.8) is 0 Å². The molecule has 2 aliphatic carbocycles. The third-order valence-corrected chi connectivity index (χ3v) is 8.60. The molecule has 1 aromatic heterocycles. The summed E-state index contributed by atoms with van der Waals surface area (Å²) in [5, 5.41) is 19.1. The molecule has 5 rings (SSSR count). The molecule has 0 radical (unpaired) electrons. The maximum Gasteiger partial charge on any atom is 0.251 e. The minimum absolute atomic E-state index is 0.0967. The molecule has 2 aromatic rings.